The molecule has 2 heterocycles. The Bertz CT molecular complexity index is 848. The number of nitrogens with zero attached hydrogens (tertiary/aromatic N) is 1. The minimum absolute atomic E-state index is 0. The number of carboxylic acid groups (broad SMARTS) is 1. The molecule has 6 nitrogen and oxygen atoms in total. The highest BCUT2D eigenvalue weighted by Crippen LogP contribution is 2.35. The molecule has 0 saturated heterocycles. The second-order valence-corrected chi connectivity index (χ2v) is 8.13. The van der Waals surface area contributed by atoms with E-state index in [1.807, 2.05) is 13.8 Å². The maximum absolute atomic E-state index is 12.6. The van der Waals surface area contributed by atoms with E-state index in [2.05, 4.69) is 22.2 Å². The Hall–Kier alpha value is -1.44. The van der Waals surface area contributed by atoms with E-state index in [1.165, 1.54) is 4.88 Å². The van der Waals surface area contributed by atoms with Crippen molar-refractivity contribution >= 4 is 39.9 Å². The molecule has 0 bridgehead atoms. The Morgan fingerprint density at radius 2 is 2.23 bits per heavy atom. The largest absolute Gasteiger partial charge is 0.480 e. The number of H-pyrrole nitrogens is 1. The number of aliphatic carboxylic acids is 1. The number of thiophene rings is 1. The van der Waals surface area contributed by atoms with Crippen LogP contribution in [0.25, 0.3) is 10.2 Å². The molecule has 0 aliphatic heterocycles. The molecule has 0 saturated carbocycles. The van der Waals surface area contributed by atoms with Gasteiger partial charge < -0.3 is 10.1 Å². The molecule has 0 radical (unpaired) electrons. The third-order valence-corrected chi connectivity index (χ3v) is 6.07. The predicted octanol–water partition coefficient (Wildman–Crippen LogP) is 3.44. The van der Waals surface area contributed by atoms with Crippen LogP contribution in [0.5, 0.6) is 0 Å². The van der Waals surface area contributed by atoms with Crippen LogP contribution in [-0.4, -0.2) is 27.1 Å². The van der Waals surface area contributed by atoms with Crippen molar-refractivity contribution in [3.8, 4) is 0 Å². The number of fused-ring (bicyclic) bond motifs is 3. The Morgan fingerprint density at radius 3 is 2.88 bits per heavy atom. The molecule has 0 aromatic carbocycles. The first kappa shape index (κ1) is 20.9. The van der Waals surface area contributed by atoms with Crippen LogP contribution in [0.1, 0.15) is 62.3 Å². The number of rotatable bonds is 6. The molecule has 3 atom stereocenters. The molecule has 26 heavy (non-hydrogen) atoms. The van der Waals surface area contributed by atoms with Gasteiger partial charge in [-0.25, -0.2) is 4.98 Å². The molecule has 0 spiro atoms. The molecular weight excluding hydrogens is 374 g/mol. The zero-order valence-corrected chi connectivity index (χ0v) is 16.9. The number of aromatic amines is 1. The average molecular weight is 400 g/mol. The lowest BCUT2D eigenvalue weighted by atomic mass is 9.89. The van der Waals surface area contributed by atoms with Crippen molar-refractivity contribution in [1.29, 1.82) is 0 Å². The molecule has 0 amide bonds. The van der Waals surface area contributed by atoms with Gasteiger partial charge in [-0.1, -0.05) is 20.3 Å². The number of carbonyl (C=O) groups is 1. The van der Waals surface area contributed by atoms with Crippen molar-refractivity contribution in [3.63, 3.8) is 0 Å². The van der Waals surface area contributed by atoms with Crippen molar-refractivity contribution in [2.75, 3.05) is 0 Å². The van der Waals surface area contributed by atoms with Gasteiger partial charge in [0.25, 0.3) is 5.56 Å². The smallest absolute Gasteiger partial charge is 0.320 e. The van der Waals surface area contributed by atoms with Crippen molar-refractivity contribution in [3.05, 3.63) is 26.6 Å². The van der Waals surface area contributed by atoms with E-state index in [9.17, 15) is 14.7 Å². The first-order chi connectivity index (χ1) is 11.9. The molecule has 3 rings (SSSR count). The van der Waals surface area contributed by atoms with Gasteiger partial charge in [0.1, 0.15) is 16.7 Å². The summed E-state index contributed by atoms with van der Waals surface area (Å²) in [6, 6.07) is -0.971. The summed E-state index contributed by atoms with van der Waals surface area (Å²) in [5.74, 6) is 0.272. The molecule has 144 valence electrons. The first-order valence-corrected chi connectivity index (χ1v) is 9.75. The van der Waals surface area contributed by atoms with Crippen LogP contribution in [0.3, 0.4) is 0 Å². The van der Waals surface area contributed by atoms with E-state index in [0.717, 1.165) is 41.5 Å². The van der Waals surface area contributed by atoms with Crippen molar-refractivity contribution in [1.82, 2.24) is 15.3 Å². The molecule has 1 aliphatic rings. The fourth-order valence-electron chi connectivity index (χ4n) is 3.52. The SMILES string of the molecule is CCCC(NC(C)c1nc2sc3c(c2c(=O)[nH]1)CCC(C)C3)C(=O)O.Cl. The topological polar surface area (TPSA) is 95.1 Å². The van der Waals surface area contributed by atoms with Crippen molar-refractivity contribution in [2.45, 2.75) is 65.0 Å². The molecule has 2 aromatic heterocycles. The van der Waals surface area contributed by atoms with Crippen molar-refractivity contribution in [2.24, 2.45) is 5.92 Å². The van der Waals surface area contributed by atoms with Gasteiger partial charge in [0.05, 0.1) is 11.4 Å². The fourth-order valence-corrected chi connectivity index (χ4v) is 4.91. The lowest BCUT2D eigenvalue weighted by Crippen LogP contribution is -2.39. The summed E-state index contributed by atoms with van der Waals surface area (Å²) >= 11 is 1.61. The van der Waals surface area contributed by atoms with Gasteiger partial charge in [-0.15, -0.1) is 23.7 Å². The van der Waals surface area contributed by atoms with E-state index in [1.54, 1.807) is 11.3 Å². The van der Waals surface area contributed by atoms with Crippen LogP contribution in [0.2, 0.25) is 0 Å². The maximum atomic E-state index is 12.6. The van der Waals surface area contributed by atoms with Crippen LogP contribution < -0.4 is 10.9 Å². The van der Waals surface area contributed by atoms with E-state index in [4.69, 9.17) is 0 Å². The quantitative estimate of drug-likeness (QED) is 0.691. The number of hydrogen-bond donors (Lipinski definition) is 3. The summed E-state index contributed by atoms with van der Waals surface area (Å²) in [6.45, 7) is 6.03. The zero-order chi connectivity index (χ0) is 18.1. The minimum Gasteiger partial charge on any atom is -0.480 e. The Balaban J connectivity index is 0.00000243. The summed E-state index contributed by atoms with van der Waals surface area (Å²) in [6.07, 6.45) is 4.37. The molecule has 2 aromatic rings. The fraction of sp³-hybridized carbons (Fsp3) is 0.611. The molecule has 8 heteroatoms. The van der Waals surface area contributed by atoms with E-state index >= 15 is 0 Å². The highest BCUT2D eigenvalue weighted by atomic mass is 35.5. The van der Waals surface area contributed by atoms with E-state index < -0.39 is 12.0 Å². The molecule has 3 N–H and O–H groups in total. The van der Waals surface area contributed by atoms with Crippen LogP contribution in [0, 0.1) is 5.92 Å². The van der Waals surface area contributed by atoms with Gasteiger partial charge in [0.2, 0.25) is 0 Å². The Morgan fingerprint density at radius 1 is 1.50 bits per heavy atom. The van der Waals surface area contributed by atoms with Gasteiger partial charge >= 0.3 is 5.97 Å². The zero-order valence-electron chi connectivity index (χ0n) is 15.3. The van der Waals surface area contributed by atoms with Gasteiger partial charge in [0.15, 0.2) is 0 Å². The minimum atomic E-state index is -0.877. The van der Waals surface area contributed by atoms with E-state index in [-0.39, 0.29) is 24.0 Å². The Kier molecular flexibility index (Phi) is 6.82. The summed E-state index contributed by atoms with van der Waals surface area (Å²) in [4.78, 5) is 33.5. The van der Waals surface area contributed by atoms with Gasteiger partial charge in [0, 0.05) is 4.88 Å². The van der Waals surface area contributed by atoms with Crippen LogP contribution in [-0.2, 0) is 17.6 Å². The number of nitrogens with one attached hydrogen (secondary N) is 2. The number of hydrogen-bond acceptors (Lipinski definition) is 5. The monoisotopic (exact) mass is 399 g/mol. The highest BCUT2D eigenvalue weighted by Gasteiger charge is 2.25. The maximum Gasteiger partial charge on any atom is 0.320 e. The third-order valence-electron chi connectivity index (χ3n) is 4.92. The molecule has 3 unspecified atom stereocenters. The summed E-state index contributed by atoms with van der Waals surface area (Å²) in [7, 11) is 0. The molecule has 1 aliphatic carbocycles. The highest BCUT2D eigenvalue weighted by molar-refractivity contribution is 7.18. The number of aryl methyl sites for hydroxylation is 1. The molecule has 0 fully saturated rings. The third kappa shape index (κ3) is 4.10. The summed E-state index contributed by atoms with van der Waals surface area (Å²) in [5, 5.41) is 13.1. The first-order valence-electron chi connectivity index (χ1n) is 8.94. The van der Waals surface area contributed by atoms with Crippen LogP contribution in [0.4, 0.5) is 0 Å². The normalized spacial score (nSPS) is 18.8. The second-order valence-electron chi connectivity index (χ2n) is 7.05. The average Bonchev–Trinajstić information content (AvgIpc) is 2.91. The van der Waals surface area contributed by atoms with Gasteiger partial charge in [-0.2, -0.15) is 0 Å². The number of carboxylic acids is 1. The van der Waals surface area contributed by atoms with E-state index in [0.29, 0.717) is 18.2 Å². The lowest BCUT2D eigenvalue weighted by Gasteiger charge is -2.19. The molecular formula is C18H26ClN3O3S. The van der Waals surface area contributed by atoms with Crippen LogP contribution >= 0.6 is 23.7 Å². The van der Waals surface area contributed by atoms with Crippen LogP contribution in [0.15, 0.2) is 4.79 Å². The Labute approximate surface area is 162 Å². The second kappa shape index (κ2) is 8.50. The predicted molar refractivity (Wildman–Crippen MR) is 107 cm³/mol. The standard InChI is InChI=1S/C18H25N3O3S.ClH/c1-4-5-12(18(23)24)19-10(3)15-20-16(22)14-11-7-6-9(2)8-13(11)25-17(14)21-15;/h9-10,12,19H,4-8H2,1-3H3,(H,23,24)(H,20,21,22);1H. The van der Waals surface area contributed by atoms with Crippen molar-refractivity contribution < 1.29 is 9.90 Å². The van der Waals surface area contributed by atoms with Gasteiger partial charge in [-0.3, -0.25) is 14.9 Å². The summed E-state index contributed by atoms with van der Waals surface area (Å²) < 4.78 is 0. The number of halogens is 1. The lowest BCUT2D eigenvalue weighted by molar-refractivity contribution is -0.139. The summed E-state index contributed by atoms with van der Waals surface area (Å²) in [5.41, 5.74) is 1.05. The number of aromatic nitrogens is 2. The van der Waals surface area contributed by atoms with Gasteiger partial charge in [-0.05, 0) is 44.1 Å².